The summed E-state index contributed by atoms with van der Waals surface area (Å²) in [6.07, 6.45) is 1.88. The second-order valence-electron chi connectivity index (χ2n) is 7.13. The van der Waals surface area contributed by atoms with Gasteiger partial charge in [-0.05, 0) is 60.9 Å². The predicted molar refractivity (Wildman–Crippen MR) is 137 cm³/mol. The number of aromatic nitrogens is 4. The van der Waals surface area contributed by atoms with Crippen LogP contribution in [0.25, 0.3) is 33.8 Å². The molecule has 9 heteroatoms. The minimum absolute atomic E-state index is 0.255. The smallest absolute Gasteiger partial charge is 0.268 e. The molecule has 0 radical (unpaired) electrons. The summed E-state index contributed by atoms with van der Waals surface area (Å²) in [4.78, 5) is 18.9. The molecule has 0 amide bonds. The summed E-state index contributed by atoms with van der Waals surface area (Å²) in [6.45, 7) is 0. The highest BCUT2D eigenvalue weighted by atomic mass is 35.5. The van der Waals surface area contributed by atoms with Gasteiger partial charge in [-0.25, -0.2) is 9.67 Å². The predicted octanol–water partition coefficient (Wildman–Crippen LogP) is 6.92. The standard InChI is InChI=1S/C24H15Cl3N4OS/c1-33-23-20-22(31(29-23)17-5-3-2-4-6-17)28-21(18-12-9-15(26)13-19(18)27)30(24(20)32)16-10-7-14(25)8-11-16/h2-13H,1H3. The van der Waals surface area contributed by atoms with Crippen LogP contribution in [0.3, 0.4) is 0 Å². The van der Waals surface area contributed by atoms with Gasteiger partial charge in [0.2, 0.25) is 0 Å². The van der Waals surface area contributed by atoms with Crippen molar-refractivity contribution in [3.05, 3.63) is 98.2 Å². The molecule has 3 aromatic carbocycles. The third-order valence-electron chi connectivity index (χ3n) is 5.12. The fourth-order valence-electron chi connectivity index (χ4n) is 3.61. The molecule has 0 spiro atoms. The summed E-state index contributed by atoms with van der Waals surface area (Å²) >= 11 is 20.2. The first-order valence-electron chi connectivity index (χ1n) is 9.84. The molecule has 0 aliphatic carbocycles. The SMILES string of the molecule is CSc1nn(-c2ccccc2)c2nc(-c3ccc(Cl)cc3Cl)n(-c3ccc(Cl)cc3)c(=O)c12. The zero-order valence-corrected chi connectivity index (χ0v) is 20.3. The van der Waals surface area contributed by atoms with Crippen LogP contribution >= 0.6 is 46.6 Å². The Labute approximate surface area is 208 Å². The van der Waals surface area contributed by atoms with E-state index < -0.39 is 0 Å². The molecule has 0 saturated carbocycles. The molecule has 0 N–H and O–H groups in total. The van der Waals surface area contributed by atoms with Crippen molar-refractivity contribution < 1.29 is 0 Å². The maximum atomic E-state index is 14.0. The van der Waals surface area contributed by atoms with E-state index in [4.69, 9.17) is 39.8 Å². The molecule has 0 bridgehead atoms. The maximum Gasteiger partial charge on any atom is 0.270 e. The van der Waals surface area contributed by atoms with E-state index in [1.165, 1.54) is 16.3 Å². The lowest BCUT2D eigenvalue weighted by molar-refractivity contribution is 0.851. The van der Waals surface area contributed by atoms with Crippen molar-refractivity contribution in [3.63, 3.8) is 0 Å². The number of nitrogens with zero attached hydrogens (tertiary/aromatic N) is 4. The Kier molecular flexibility index (Phi) is 5.93. The number of para-hydroxylation sites is 1. The van der Waals surface area contributed by atoms with Gasteiger partial charge < -0.3 is 0 Å². The molecule has 5 aromatic rings. The Hall–Kier alpha value is -2.77. The summed E-state index contributed by atoms with van der Waals surface area (Å²) in [5.74, 6) is 0.376. The van der Waals surface area contributed by atoms with Crippen molar-refractivity contribution in [3.8, 4) is 22.8 Å². The number of hydrogen-bond acceptors (Lipinski definition) is 4. The Morgan fingerprint density at radius 2 is 1.55 bits per heavy atom. The lowest BCUT2D eigenvalue weighted by atomic mass is 10.2. The molecule has 5 rings (SSSR count). The lowest BCUT2D eigenvalue weighted by Gasteiger charge is -2.15. The zero-order chi connectivity index (χ0) is 23.1. The van der Waals surface area contributed by atoms with Crippen LogP contribution in [0.4, 0.5) is 0 Å². The number of fused-ring (bicyclic) bond motifs is 1. The van der Waals surface area contributed by atoms with Gasteiger partial charge in [0.1, 0.15) is 10.4 Å². The van der Waals surface area contributed by atoms with Crippen LogP contribution in [0.2, 0.25) is 15.1 Å². The quantitative estimate of drug-likeness (QED) is 0.245. The Balaban J connectivity index is 1.93. The van der Waals surface area contributed by atoms with Gasteiger partial charge in [-0.1, -0.05) is 53.0 Å². The highest BCUT2D eigenvalue weighted by Crippen LogP contribution is 2.33. The van der Waals surface area contributed by atoms with E-state index in [0.717, 1.165) is 5.69 Å². The highest BCUT2D eigenvalue weighted by molar-refractivity contribution is 7.98. The highest BCUT2D eigenvalue weighted by Gasteiger charge is 2.23. The fraction of sp³-hybridized carbons (Fsp3) is 0.0417. The molecule has 0 saturated heterocycles. The van der Waals surface area contributed by atoms with Gasteiger partial charge in [0, 0.05) is 15.6 Å². The van der Waals surface area contributed by atoms with E-state index >= 15 is 0 Å². The summed E-state index contributed by atoms with van der Waals surface area (Å²) < 4.78 is 3.21. The van der Waals surface area contributed by atoms with E-state index in [2.05, 4.69) is 5.10 Å². The minimum atomic E-state index is -0.255. The van der Waals surface area contributed by atoms with Crippen LogP contribution < -0.4 is 5.56 Å². The maximum absolute atomic E-state index is 14.0. The average molecular weight is 514 g/mol. The normalized spacial score (nSPS) is 11.3. The Morgan fingerprint density at radius 1 is 0.848 bits per heavy atom. The average Bonchev–Trinajstić information content (AvgIpc) is 3.19. The first-order chi connectivity index (χ1) is 16.0. The topological polar surface area (TPSA) is 52.7 Å². The van der Waals surface area contributed by atoms with Gasteiger partial charge in [-0.2, -0.15) is 5.10 Å². The van der Waals surface area contributed by atoms with Crippen molar-refractivity contribution in [2.45, 2.75) is 5.03 Å². The van der Waals surface area contributed by atoms with Gasteiger partial charge >= 0.3 is 0 Å². The molecule has 0 aliphatic heterocycles. The largest absolute Gasteiger partial charge is 0.270 e. The van der Waals surface area contributed by atoms with E-state index in [1.54, 1.807) is 47.1 Å². The zero-order valence-electron chi connectivity index (χ0n) is 17.2. The Morgan fingerprint density at radius 3 is 2.21 bits per heavy atom. The second-order valence-corrected chi connectivity index (χ2v) is 9.21. The summed E-state index contributed by atoms with van der Waals surface area (Å²) in [5, 5.41) is 7.14. The van der Waals surface area contributed by atoms with Crippen LogP contribution in [0.15, 0.2) is 82.6 Å². The van der Waals surface area contributed by atoms with Gasteiger partial charge in [-0.15, -0.1) is 11.8 Å². The summed E-state index contributed by atoms with van der Waals surface area (Å²) in [7, 11) is 0. The molecular weight excluding hydrogens is 499 g/mol. The van der Waals surface area contributed by atoms with E-state index in [-0.39, 0.29) is 5.56 Å². The molecule has 0 aliphatic rings. The molecule has 2 heterocycles. The second kappa shape index (κ2) is 8.88. The fourth-order valence-corrected chi connectivity index (χ4v) is 4.78. The summed E-state index contributed by atoms with van der Waals surface area (Å²) in [5.41, 5.74) is 2.17. The molecule has 2 aromatic heterocycles. The van der Waals surface area contributed by atoms with Crippen LogP contribution in [0.5, 0.6) is 0 Å². The first kappa shape index (κ1) is 22.0. The van der Waals surface area contributed by atoms with Crippen LogP contribution in [-0.2, 0) is 0 Å². The Bertz CT molecular complexity index is 1550. The van der Waals surface area contributed by atoms with E-state index in [0.29, 0.717) is 48.2 Å². The molecule has 5 nitrogen and oxygen atoms in total. The number of rotatable bonds is 4. The van der Waals surface area contributed by atoms with Crippen molar-refractivity contribution >= 4 is 57.6 Å². The molecule has 164 valence electrons. The number of thioether (sulfide) groups is 1. The van der Waals surface area contributed by atoms with Crippen molar-refractivity contribution in [1.29, 1.82) is 0 Å². The molecule has 33 heavy (non-hydrogen) atoms. The van der Waals surface area contributed by atoms with Crippen molar-refractivity contribution in [2.75, 3.05) is 6.26 Å². The van der Waals surface area contributed by atoms with Gasteiger partial charge in [0.05, 0.1) is 16.4 Å². The third-order valence-corrected chi connectivity index (χ3v) is 6.59. The van der Waals surface area contributed by atoms with Crippen LogP contribution in [-0.4, -0.2) is 25.6 Å². The van der Waals surface area contributed by atoms with E-state index in [1.807, 2.05) is 36.6 Å². The van der Waals surface area contributed by atoms with Gasteiger partial charge in [-0.3, -0.25) is 9.36 Å². The van der Waals surface area contributed by atoms with Crippen molar-refractivity contribution in [2.24, 2.45) is 0 Å². The lowest BCUT2D eigenvalue weighted by Crippen LogP contribution is -2.22. The van der Waals surface area contributed by atoms with Crippen LogP contribution in [0.1, 0.15) is 0 Å². The van der Waals surface area contributed by atoms with Gasteiger partial charge in [0.15, 0.2) is 11.5 Å². The van der Waals surface area contributed by atoms with Crippen molar-refractivity contribution in [1.82, 2.24) is 19.3 Å². The molecule has 0 atom stereocenters. The number of halogens is 3. The summed E-state index contributed by atoms with van der Waals surface area (Å²) in [6, 6.07) is 21.7. The number of hydrogen-bond donors (Lipinski definition) is 0. The molecule has 0 unspecified atom stereocenters. The number of benzene rings is 3. The van der Waals surface area contributed by atoms with E-state index in [9.17, 15) is 4.79 Å². The molecular formula is C24H15Cl3N4OS. The van der Waals surface area contributed by atoms with Gasteiger partial charge in [0.25, 0.3) is 5.56 Å². The minimum Gasteiger partial charge on any atom is -0.268 e. The third kappa shape index (κ3) is 3.93. The molecule has 0 fully saturated rings. The monoisotopic (exact) mass is 512 g/mol. The first-order valence-corrected chi connectivity index (χ1v) is 12.2. The van der Waals surface area contributed by atoms with Crippen LogP contribution in [0, 0.1) is 0 Å².